The number of ether oxygens (including phenoxy) is 1. The summed E-state index contributed by atoms with van der Waals surface area (Å²) in [6.07, 6.45) is 0. The molecule has 0 atom stereocenters. The Bertz CT molecular complexity index is 1250. The van der Waals surface area contributed by atoms with E-state index in [2.05, 4.69) is 15.0 Å². The average molecular weight is 515 g/mol. The van der Waals surface area contributed by atoms with Crippen molar-refractivity contribution in [3.05, 3.63) is 63.7 Å². The Hall–Kier alpha value is -2.83. The molecule has 0 saturated carbocycles. The first-order valence-corrected chi connectivity index (χ1v) is 12.6. The molecule has 0 aliphatic carbocycles. The molecule has 0 bridgehead atoms. The van der Waals surface area contributed by atoms with Gasteiger partial charge < -0.3 is 10.1 Å². The van der Waals surface area contributed by atoms with Crippen LogP contribution >= 0.6 is 11.3 Å². The fraction of sp³-hybridized carbons (Fsp3) is 0.318. The molecule has 0 spiro atoms. The van der Waals surface area contributed by atoms with Crippen LogP contribution in [-0.4, -0.2) is 38.5 Å². The second-order valence-electron chi connectivity index (χ2n) is 7.79. The maximum atomic E-state index is 14.8. The Balaban J connectivity index is 1.88. The summed E-state index contributed by atoms with van der Waals surface area (Å²) < 4.78 is 76.5. The van der Waals surface area contributed by atoms with Gasteiger partial charge in [0.15, 0.2) is 17.5 Å². The molecule has 0 aliphatic rings. The molecular formula is C22H25F3N4O3S2. The number of rotatable bonds is 10. The van der Waals surface area contributed by atoms with E-state index in [4.69, 9.17) is 4.74 Å². The number of methoxy groups -OCH3 is 1. The highest BCUT2D eigenvalue weighted by molar-refractivity contribution is 7.92. The van der Waals surface area contributed by atoms with Gasteiger partial charge in [0.1, 0.15) is 16.5 Å². The van der Waals surface area contributed by atoms with Gasteiger partial charge in [-0.05, 0) is 45.2 Å². The van der Waals surface area contributed by atoms with Crippen LogP contribution in [0.2, 0.25) is 0 Å². The maximum absolute atomic E-state index is 14.8. The van der Waals surface area contributed by atoms with Crippen molar-refractivity contribution in [1.29, 1.82) is 0 Å². The van der Waals surface area contributed by atoms with Crippen LogP contribution in [-0.2, 0) is 23.1 Å². The van der Waals surface area contributed by atoms with Gasteiger partial charge in [0.25, 0.3) is 10.0 Å². The monoisotopic (exact) mass is 514 g/mol. The van der Waals surface area contributed by atoms with Crippen LogP contribution in [0.25, 0.3) is 0 Å². The predicted molar refractivity (Wildman–Crippen MR) is 126 cm³/mol. The van der Waals surface area contributed by atoms with E-state index < -0.39 is 32.4 Å². The lowest BCUT2D eigenvalue weighted by Gasteiger charge is -2.24. The molecule has 1 heterocycles. The largest absolute Gasteiger partial charge is 0.496 e. The Kier molecular flexibility index (Phi) is 8.05. The molecule has 184 valence electrons. The van der Waals surface area contributed by atoms with E-state index in [1.165, 1.54) is 30.1 Å². The number of thiazole rings is 1. The fourth-order valence-electron chi connectivity index (χ4n) is 3.15. The predicted octanol–water partition coefficient (Wildman–Crippen LogP) is 4.82. The smallest absolute Gasteiger partial charge is 0.266 e. The normalized spacial score (nSPS) is 11.8. The number of aromatic nitrogens is 1. The number of anilines is 2. The second kappa shape index (κ2) is 10.6. The van der Waals surface area contributed by atoms with Gasteiger partial charge in [-0.3, -0.25) is 9.62 Å². The lowest BCUT2D eigenvalue weighted by Crippen LogP contribution is -2.27. The van der Waals surface area contributed by atoms with Crippen LogP contribution in [0.5, 0.6) is 5.75 Å². The van der Waals surface area contributed by atoms with Crippen LogP contribution < -0.4 is 14.8 Å². The van der Waals surface area contributed by atoms with Crippen LogP contribution in [0.3, 0.4) is 0 Å². The maximum Gasteiger partial charge on any atom is 0.266 e. The van der Waals surface area contributed by atoms with E-state index in [0.29, 0.717) is 17.9 Å². The van der Waals surface area contributed by atoms with Crippen molar-refractivity contribution in [2.75, 3.05) is 24.2 Å². The van der Waals surface area contributed by atoms with Gasteiger partial charge >= 0.3 is 0 Å². The summed E-state index contributed by atoms with van der Waals surface area (Å²) in [5, 5.41) is 4.09. The highest BCUT2D eigenvalue weighted by atomic mass is 32.2. The summed E-state index contributed by atoms with van der Waals surface area (Å²) in [6, 6.07) is 4.95. The molecule has 0 saturated heterocycles. The third kappa shape index (κ3) is 5.62. The minimum Gasteiger partial charge on any atom is -0.496 e. The molecule has 2 aromatic carbocycles. The molecule has 0 unspecified atom stereocenters. The number of hydrogen-bond donors (Lipinski definition) is 2. The summed E-state index contributed by atoms with van der Waals surface area (Å²) in [7, 11) is -1.05. The van der Waals surface area contributed by atoms with E-state index in [-0.39, 0.29) is 29.7 Å². The molecule has 1 aromatic heterocycles. The zero-order valence-corrected chi connectivity index (χ0v) is 20.7. The zero-order valence-electron chi connectivity index (χ0n) is 19.0. The van der Waals surface area contributed by atoms with Gasteiger partial charge in [0, 0.05) is 35.6 Å². The molecule has 0 radical (unpaired) electrons. The number of hydrogen-bond acceptors (Lipinski definition) is 7. The summed E-state index contributed by atoms with van der Waals surface area (Å²) in [5.41, 5.74) is 1.88. The van der Waals surface area contributed by atoms with E-state index in [9.17, 15) is 21.6 Å². The average Bonchev–Trinajstić information content (AvgIpc) is 3.28. The van der Waals surface area contributed by atoms with Crippen molar-refractivity contribution in [2.24, 2.45) is 0 Å². The van der Waals surface area contributed by atoms with E-state index in [1.54, 1.807) is 0 Å². The fourth-order valence-corrected chi connectivity index (χ4v) is 4.77. The minimum absolute atomic E-state index is 0.000551. The van der Waals surface area contributed by atoms with Gasteiger partial charge in [-0.25, -0.2) is 26.6 Å². The van der Waals surface area contributed by atoms with Gasteiger partial charge in [0.2, 0.25) is 0 Å². The molecule has 2 N–H and O–H groups in total. The number of nitrogens with one attached hydrogen (secondary N) is 2. The van der Waals surface area contributed by atoms with Crippen LogP contribution in [0.15, 0.2) is 40.1 Å². The molecule has 34 heavy (non-hydrogen) atoms. The zero-order chi connectivity index (χ0) is 25.0. The topological polar surface area (TPSA) is 83.6 Å². The van der Waals surface area contributed by atoms with Crippen LogP contribution in [0, 0.1) is 17.5 Å². The first kappa shape index (κ1) is 25.8. The summed E-state index contributed by atoms with van der Waals surface area (Å²) in [6.45, 7) is 4.16. The van der Waals surface area contributed by atoms with Crippen molar-refractivity contribution < 1.29 is 26.3 Å². The SMILES string of the molecule is COc1ccc(F)c(CNc2ccc(S(=O)(=O)Nc3cscn3)c(F)c2F)c1CN(C)C(C)C. The van der Waals surface area contributed by atoms with Gasteiger partial charge in [-0.15, -0.1) is 11.3 Å². The van der Waals surface area contributed by atoms with Gasteiger partial charge in [0.05, 0.1) is 18.3 Å². The number of halogens is 3. The standard InChI is InChI=1S/C22H25F3N4O3S2/c1-13(2)29(3)10-15-14(16(23)5-7-18(15)32-4)9-26-17-6-8-19(22(25)21(17)24)34(30,31)28-20-11-33-12-27-20/h5-8,11-13,26,28H,9-10H2,1-4H3. The minimum atomic E-state index is -4.40. The van der Waals surface area contributed by atoms with Crippen LogP contribution in [0.1, 0.15) is 25.0 Å². The molecule has 3 aromatic rings. The summed E-state index contributed by atoms with van der Waals surface area (Å²) >= 11 is 1.14. The molecule has 3 rings (SSSR count). The van der Waals surface area contributed by atoms with Crippen molar-refractivity contribution in [3.8, 4) is 5.75 Å². The first-order chi connectivity index (χ1) is 16.0. The van der Waals surface area contributed by atoms with Crippen molar-refractivity contribution >= 4 is 32.9 Å². The third-order valence-electron chi connectivity index (χ3n) is 5.30. The van der Waals surface area contributed by atoms with Crippen molar-refractivity contribution in [3.63, 3.8) is 0 Å². The molecule has 0 aliphatic heterocycles. The van der Waals surface area contributed by atoms with E-state index >= 15 is 0 Å². The highest BCUT2D eigenvalue weighted by Crippen LogP contribution is 2.30. The van der Waals surface area contributed by atoms with E-state index in [1.807, 2.05) is 25.8 Å². The Labute approximate surface area is 200 Å². The number of nitrogens with zero attached hydrogens (tertiary/aromatic N) is 2. The molecular weight excluding hydrogens is 489 g/mol. The molecule has 12 heteroatoms. The quantitative estimate of drug-likeness (QED) is 0.404. The molecule has 0 amide bonds. The Morgan fingerprint density at radius 2 is 1.85 bits per heavy atom. The number of benzene rings is 2. The Morgan fingerprint density at radius 3 is 2.47 bits per heavy atom. The van der Waals surface area contributed by atoms with Gasteiger partial charge in [-0.2, -0.15) is 0 Å². The summed E-state index contributed by atoms with van der Waals surface area (Å²) in [5.74, 6) is -3.02. The van der Waals surface area contributed by atoms with Crippen molar-refractivity contribution in [1.82, 2.24) is 9.88 Å². The van der Waals surface area contributed by atoms with Crippen molar-refractivity contribution in [2.45, 2.75) is 37.9 Å². The van der Waals surface area contributed by atoms with E-state index in [0.717, 1.165) is 23.5 Å². The summed E-state index contributed by atoms with van der Waals surface area (Å²) in [4.78, 5) is 4.89. The Morgan fingerprint density at radius 1 is 1.12 bits per heavy atom. The van der Waals surface area contributed by atoms with Gasteiger partial charge in [-0.1, -0.05) is 0 Å². The third-order valence-corrected chi connectivity index (χ3v) is 7.26. The lowest BCUT2D eigenvalue weighted by atomic mass is 10.0. The number of sulfonamides is 1. The second-order valence-corrected chi connectivity index (χ2v) is 10.2. The lowest BCUT2D eigenvalue weighted by molar-refractivity contribution is 0.259. The van der Waals surface area contributed by atoms with Crippen LogP contribution in [0.4, 0.5) is 24.7 Å². The molecule has 7 nitrogen and oxygen atoms in total. The molecule has 0 fully saturated rings. The first-order valence-electron chi connectivity index (χ1n) is 10.2. The highest BCUT2D eigenvalue weighted by Gasteiger charge is 2.25.